The number of nitriles is 1. The number of piperidine rings is 1. The molecule has 0 unspecified atom stereocenters. The number of ether oxygens (including phenoxy) is 1. The minimum atomic E-state index is -0.0643. The molecule has 0 atom stereocenters. The summed E-state index contributed by atoms with van der Waals surface area (Å²) in [7, 11) is 0. The topological polar surface area (TPSA) is 76.9 Å². The van der Waals surface area contributed by atoms with Gasteiger partial charge in [-0.1, -0.05) is 6.42 Å². The Balaban J connectivity index is 1.24. The van der Waals surface area contributed by atoms with Crippen LogP contribution in [0.25, 0.3) is 0 Å². The Morgan fingerprint density at radius 1 is 0.743 bits per heavy atom. The molecular formula is C28H34N4O3. The van der Waals surface area contributed by atoms with Crippen molar-refractivity contribution in [1.82, 2.24) is 14.7 Å². The summed E-state index contributed by atoms with van der Waals surface area (Å²) in [6.07, 6.45) is 5.69. The normalized spacial score (nSPS) is 16.9. The molecule has 0 aromatic heterocycles. The fourth-order valence-corrected chi connectivity index (χ4v) is 4.73. The lowest BCUT2D eigenvalue weighted by molar-refractivity contribution is 0.0718. The van der Waals surface area contributed by atoms with E-state index in [-0.39, 0.29) is 11.8 Å². The molecular weight excluding hydrogens is 440 g/mol. The van der Waals surface area contributed by atoms with Crippen molar-refractivity contribution in [3.63, 3.8) is 0 Å². The van der Waals surface area contributed by atoms with Crippen molar-refractivity contribution in [2.75, 3.05) is 52.4 Å². The van der Waals surface area contributed by atoms with E-state index in [4.69, 9.17) is 10.00 Å². The highest BCUT2D eigenvalue weighted by molar-refractivity contribution is 5.95. The molecule has 0 N–H and O–H groups in total. The monoisotopic (exact) mass is 474 g/mol. The van der Waals surface area contributed by atoms with Gasteiger partial charge in [-0.05, 0) is 87.3 Å². The summed E-state index contributed by atoms with van der Waals surface area (Å²) in [6.45, 7) is 6.37. The maximum atomic E-state index is 13.1. The molecule has 2 saturated heterocycles. The lowest BCUT2D eigenvalue weighted by atomic mass is 10.1. The zero-order valence-corrected chi connectivity index (χ0v) is 20.3. The highest BCUT2D eigenvalue weighted by Crippen LogP contribution is 2.17. The Kier molecular flexibility index (Phi) is 8.74. The van der Waals surface area contributed by atoms with Crippen molar-refractivity contribution in [2.24, 2.45) is 0 Å². The quantitative estimate of drug-likeness (QED) is 0.571. The predicted molar refractivity (Wildman–Crippen MR) is 134 cm³/mol. The molecule has 184 valence electrons. The molecule has 2 amide bonds. The molecule has 0 bridgehead atoms. The number of nitrogens with zero attached hydrogens (tertiary/aromatic N) is 4. The summed E-state index contributed by atoms with van der Waals surface area (Å²) in [5.41, 5.74) is 1.73. The van der Waals surface area contributed by atoms with E-state index in [1.54, 1.807) is 29.2 Å². The largest absolute Gasteiger partial charge is 0.494 e. The molecule has 2 heterocycles. The second kappa shape index (κ2) is 12.4. The second-order valence-electron chi connectivity index (χ2n) is 9.26. The SMILES string of the molecule is N#Cc1ccc(C(=O)N2CCCN(C(=O)c3ccc(OCCCN4CCCCC4)cc3)CC2)cc1. The van der Waals surface area contributed by atoms with Gasteiger partial charge in [0.15, 0.2) is 0 Å². The number of likely N-dealkylation sites (tertiary alicyclic amines) is 1. The van der Waals surface area contributed by atoms with E-state index >= 15 is 0 Å². The summed E-state index contributed by atoms with van der Waals surface area (Å²) in [6, 6.07) is 16.1. The van der Waals surface area contributed by atoms with Crippen LogP contribution in [0, 0.1) is 11.3 Å². The van der Waals surface area contributed by atoms with E-state index < -0.39 is 0 Å². The van der Waals surface area contributed by atoms with Crippen LogP contribution in [0.2, 0.25) is 0 Å². The average Bonchev–Trinajstić information content (AvgIpc) is 3.18. The predicted octanol–water partition coefficient (Wildman–Crippen LogP) is 3.80. The number of carbonyl (C=O) groups excluding carboxylic acids is 2. The number of benzene rings is 2. The second-order valence-corrected chi connectivity index (χ2v) is 9.26. The molecule has 2 aromatic carbocycles. The van der Waals surface area contributed by atoms with Crippen LogP contribution in [0.15, 0.2) is 48.5 Å². The number of rotatable bonds is 7. The molecule has 35 heavy (non-hydrogen) atoms. The van der Waals surface area contributed by atoms with Crippen molar-refractivity contribution in [3.05, 3.63) is 65.2 Å². The molecule has 2 aliphatic heterocycles. The van der Waals surface area contributed by atoms with Gasteiger partial charge >= 0.3 is 0 Å². The zero-order chi connectivity index (χ0) is 24.5. The smallest absolute Gasteiger partial charge is 0.253 e. The van der Waals surface area contributed by atoms with Gasteiger partial charge in [0.2, 0.25) is 0 Å². The van der Waals surface area contributed by atoms with Crippen molar-refractivity contribution in [2.45, 2.75) is 32.1 Å². The van der Waals surface area contributed by atoms with Crippen molar-refractivity contribution < 1.29 is 14.3 Å². The Labute approximate surface area is 207 Å². The van der Waals surface area contributed by atoms with E-state index in [0.717, 1.165) is 25.1 Å². The molecule has 0 saturated carbocycles. The third-order valence-electron chi connectivity index (χ3n) is 6.77. The maximum absolute atomic E-state index is 13.1. The third kappa shape index (κ3) is 6.83. The summed E-state index contributed by atoms with van der Waals surface area (Å²) < 4.78 is 5.88. The summed E-state index contributed by atoms with van der Waals surface area (Å²) in [5, 5.41) is 8.95. The van der Waals surface area contributed by atoms with Crippen LogP contribution in [-0.2, 0) is 0 Å². The lowest BCUT2D eigenvalue weighted by Crippen LogP contribution is -2.37. The Hall–Kier alpha value is -3.37. The van der Waals surface area contributed by atoms with Gasteiger partial charge in [-0.25, -0.2) is 0 Å². The highest BCUT2D eigenvalue weighted by Gasteiger charge is 2.23. The van der Waals surface area contributed by atoms with E-state index in [1.807, 2.05) is 29.2 Å². The zero-order valence-electron chi connectivity index (χ0n) is 20.3. The van der Waals surface area contributed by atoms with Crippen LogP contribution in [0.5, 0.6) is 5.75 Å². The third-order valence-corrected chi connectivity index (χ3v) is 6.77. The van der Waals surface area contributed by atoms with Crippen LogP contribution >= 0.6 is 0 Å². The first-order valence-corrected chi connectivity index (χ1v) is 12.7. The Morgan fingerprint density at radius 2 is 1.31 bits per heavy atom. The van der Waals surface area contributed by atoms with Gasteiger partial charge in [0.05, 0.1) is 18.2 Å². The van der Waals surface area contributed by atoms with E-state index in [2.05, 4.69) is 11.0 Å². The molecule has 2 aliphatic rings. The standard InChI is InChI=1S/C28H34N4O3/c29-22-23-6-8-24(9-7-23)27(33)31-17-4-18-32(20-19-31)28(34)25-10-12-26(13-11-25)35-21-5-16-30-14-2-1-3-15-30/h6-13H,1-5,14-21H2. The summed E-state index contributed by atoms with van der Waals surface area (Å²) >= 11 is 0. The van der Waals surface area contributed by atoms with Crippen LogP contribution in [0.1, 0.15) is 58.4 Å². The van der Waals surface area contributed by atoms with Crippen LogP contribution < -0.4 is 4.74 Å². The molecule has 2 aromatic rings. The highest BCUT2D eigenvalue weighted by atomic mass is 16.5. The van der Waals surface area contributed by atoms with E-state index in [9.17, 15) is 9.59 Å². The molecule has 7 heteroatoms. The van der Waals surface area contributed by atoms with Crippen LogP contribution in [0.3, 0.4) is 0 Å². The van der Waals surface area contributed by atoms with E-state index in [0.29, 0.717) is 49.5 Å². The number of amides is 2. The maximum Gasteiger partial charge on any atom is 0.253 e. The number of hydrogen-bond donors (Lipinski definition) is 0. The lowest BCUT2D eigenvalue weighted by Gasteiger charge is -2.26. The van der Waals surface area contributed by atoms with Gasteiger partial charge in [0, 0.05) is 43.9 Å². The van der Waals surface area contributed by atoms with Crippen LogP contribution in [0.4, 0.5) is 0 Å². The molecule has 2 fully saturated rings. The summed E-state index contributed by atoms with van der Waals surface area (Å²) in [4.78, 5) is 32.0. The molecule has 0 aliphatic carbocycles. The minimum absolute atomic E-state index is 0.0191. The molecule has 0 radical (unpaired) electrons. The van der Waals surface area contributed by atoms with Crippen LogP contribution in [-0.4, -0.2) is 78.9 Å². The van der Waals surface area contributed by atoms with Gasteiger partial charge in [-0.3, -0.25) is 9.59 Å². The Morgan fingerprint density at radius 3 is 1.89 bits per heavy atom. The van der Waals surface area contributed by atoms with Crippen molar-refractivity contribution >= 4 is 11.8 Å². The van der Waals surface area contributed by atoms with Gasteiger partial charge in [0.1, 0.15) is 5.75 Å². The molecule has 4 rings (SSSR count). The fourth-order valence-electron chi connectivity index (χ4n) is 4.73. The molecule has 0 spiro atoms. The first-order valence-electron chi connectivity index (χ1n) is 12.7. The first kappa shape index (κ1) is 24.7. The van der Waals surface area contributed by atoms with E-state index in [1.165, 1.54) is 32.4 Å². The molecule has 7 nitrogen and oxygen atoms in total. The average molecular weight is 475 g/mol. The van der Waals surface area contributed by atoms with Gasteiger partial charge < -0.3 is 19.4 Å². The van der Waals surface area contributed by atoms with Crippen molar-refractivity contribution in [3.8, 4) is 11.8 Å². The number of hydrogen-bond acceptors (Lipinski definition) is 5. The van der Waals surface area contributed by atoms with Gasteiger partial charge in [-0.2, -0.15) is 5.26 Å². The summed E-state index contributed by atoms with van der Waals surface area (Å²) in [5.74, 6) is 0.704. The van der Waals surface area contributed by atoms with Gasteiger partial charge in [0.25, 0.3) is 11.8 Å². The Bertz CT molecular complexity index is 1020. The van der Waals surface area contributed by atoms with Gasteiger partial charge in [-0.15, -0.1) is 0 Å². The first-order chi connectivity index (χ1) is 17.1. The minimum Gasteiger partial charge on any atom is -0.494 e. The number of carbonyl (C=O) groups is 2. The fraction of sp³-hybridized carbons (Fsp3) is 0.464. The van der Waals surface area contributed by atoms with Crippen molar-refractivity contribution in [1.29, 1.82) is 5.26 Å².